The first-order chi connectivity index (χ1) is 8.11. The summed E-state index contributed by atoms with van der Waals surface area (Å²) in [5, 5.41) is 3.07. The molecular weight excluding hydrogens is 218 g/mol. The first-order valence-electron chi connectivity index (χ1n) is 6.02. The van der Waals surface area contributed by atoms with Crippen LogP contribution >= 0.6 is 0 Å². The van der Waals surface area contributed by atoms with Gasteiger partial charge in [-0.2, -0.15) is 4.98 Å². The molecule has 0 aliphatic carbocycles. The highest BCUT2D eigenvalue weighted by Crippen LogP contribution is 2.22. The highest BCUT2D eigenvalue weighted by Gasteiger charge is 2.30. The van der Waals surface area contributed by atoms with Crippen LogP contribution < -0.4 is 10.2 Å². The van der Waals surface area contributed by atoms with E-state index in [0.717, 1.165) is 12.8 Å². The Kier molecular flexibility index (Phi) is 3.47. The summed E-state index contributed by atoms with van der Waals surface area (Å²) in [7, 11) is 1.82. The molecule has 0 spiro atoms. The number of likely N-dealkylation sites (N-methyl/N-ethyl adjacent to an activating group) is 1. The quantitative estimate of drug-likeness (QED) is 0.843. The molecule has 2 heterocycles. The number of carbonyl (C=O) groups excluding carboxylic acids is 1. The molecule has 1 aromatic heterocycles. The maximum absolute atomic E-state index is 12.3. The van der Waals surface area contributed by atoms with E-state index in [1.807, 2.05) is 7.05 Å². The molecule has 2 unspecified atom stereocenters. The van der Waals surface area contributed by atoms with Crippen molar-refractivity contribution in [2.75, 3.05) is 18.5 Å². The van der Waals surface area contributed by atoms with E-state index in [2.05, 4.69) is 17.2 Å². The molecule has 1 aliphatic heterocycles. The summed E-state index contributed by atoms with van der Waals surface area (Å²) in [5.74, 6) is 1.78. The Hall–Kier alpha value is -1.36. The van der Waals surface area contributed by atoms with Crippen molar-refractivity contribution in [3.8, 4) is 0 Å². The van der Waals surface area contributed by atoms with E-state index in [0.29, 0.717) is 24.2 Å². The summed E-state index contributed by atoms with van der Waals surface area (Å²) in [6.07, 6.45) is 3.48. The number of aryl methyl sites for hydroxylation is 1. The smallest absolute Gasteiger partial charge is 0.245 e. The van der Waals surface area contributed by atoms with E-state index in [1.54, 1.807) is 18.1 Å². The van der Waals surface area contributed by atoms with Gasteiger partial charge >= 0.3 is 0 Å². The van der Waals surface area contributed by atoms with Crippen LogP contribution in [0.2, 0.25) is 0 Å². The van der Waals surface area contributed by atoms with Gasteiger partial charge in [0.05, 0.1) is 6.04 Å². The summed E-state index contributed by atoms with van der Waals surface area (Å²) < 4.78 is 5.19. The van der Waals surface area contributed by atoms with Crippen LogP contribution in [0.5, 0.6) is 0 Å². The van der Waals surface area contributed by atoms with Gasteiger partial charge in [-0.05, 0) is 25.8 Å². The monoisotopic (exact) mass is 237 g/mol. The maximum atomic E-state index is 12.3. The zero-order valence-corrected chi connectivity index (χ0v) is 10.6. The Morgan fingerprint density at radius 2 is 2.29 bits per heavy atom. The van der Waals surface area contributed by atoms with Gasteiger partial charge in [-0.15, -0.1) is 0 Å². The zero-order valence-electron chi connectivity index (χ0n) is 10.6. The average Bonchev–Trinajstić information content (AvgIpc) is 2.66. The maximum Gasteiger partial charge on any atom is 0.245 e. The summed E-state index contributed by atoms with van der Waals surface area (Å²) in [6, 6.07) is -0.114. The van der Waals surface area contributed by atoms with Gasteiger partial charge in [-0.3, -0.25) is 9.69 Å². The van der Waals surface area contributed by atoms with E-state index in [4.69, 9.17) is 4.42 Å². The number of oxazole rings is 1. The van der Waals surface area contributed by atoms with Crippen LogP contribution in [-0.4, -0.2) is 30.5 Å². The van der Waals surface area contributed by atoms with E-state index in [1.165, 1.54) is 0 Å². The van der Waals surface area contributed by atoms with Crippen molar-refractivity contribution in [1.82, 2.24) is 10.3 Å². The third-order valence-corrected chi connectivity index (χ3v) is 3.24. The van der Waals surface area contributed by atoms with Crippen LogP contribution in [-0.2, 0) is 4.79 Å². The SMILES string of the molecule is CNC1CCC(C)CN(c2coc(C)n2)C1=O. The fraction of sp³-hybridized carbons (Fsp3) is 0.667. The number of nitrogens with zero attached hydrogens (tertiary/aromatic N) is 2. The lowest BCUT2D eigenvalue weighted by Crippen LogP contribution is -2.44. The van der Waals surface area contributed by atoms with Gasteiger partial charge in [0, 0.05) is 13.5 Å². The number of aromatic nitrogens is 1. The highest BCUT2D eigenvalue weighted by molar-refractivity contribution is 5.96. The van der Waals surface area contributed by atoms with Crippen LogP contribution in [0.15, 0.2) is 10.7 Å². The number of rotatable bonds is 2. The third kappa shape index (κ3) is 2.49. The molecule has 1 N–H and O–H groups in total. The largest absolute Gasteiger partial charge is 0.447 e. The Morgan fingerprint density at radius 1 is 1.53 bits per heavy atom. The summed E-state index contributed by atoms with van der Waals surface area (Å²) in [5.41, 5.74) is 0. The Morgan fingerprint density at radius 3 is 2.88 bits per heavy atom. The molecule has 5 heteroatoms. The normalized spacial score (nSPS) is 26.1. The van der Waals surface area contributed by atoms with E-state index < -0.39 is 0 Å². The Labute approximate surface area is 101 Å². The molecule has 0 aromatic carbocycles. The molecule has 2 rings (SSSR count). The molecule has 5 nitrogen and oxygen atoms in total. The van der Waals surface area contributed by atoms with Crippen LogP contribution in [0.4, 0.5) is 5.82 Å². The minimum Gasteiger partial charge on any atom is -0.447 e. The first kappa shape index (κ1) is 12.1. The Balaban J connectivity index is 2.26. The van der Waals surface area contributed by atoms with Crippen LogP contribution in [0.25, 0.3) is 0 Å². The first-order valence-corrected chi connectivity index (χ1v) is 6.02. The standard InChI is InChI=1S/C12H19N3O2/c1-8-4-5-10(13-3)12(16)15(6-8)11-7-17-9(2)14-11/h7-8,10,13H,4-6H2,1-3H3. The number of hydrogen-bond donors (Lipinski definition) is 1. The second-order valence-corrected chi connectivity index (χ2v) is 4.70. The minimum absolute atomic E-state index is 0.0881. The van der Waals surface area contributed by atoms with Gasteiger partial charge in [0.2, 0.25) is 5.91 Å². The molecule has 0 radical (unpaired) electrons. The van der Waals surface area contributed by atoms with E-state index in [-0.39, 0.29) is 11.9 Å². The van der Waals surface area contributed by atoms with E-state index >= 15 is 0 Å². The zero-order chi connectivity index (χ0) is 12.4. The fourth-order valence-electron chi connectivity index (χ4n) is 2.21. The molecule has 1 saturated heterocycles. The van der Waals surface area contributed by atoms with Crippen LogP contribution in [0, 0.1) is 12.8 Å². The molecule has 1 amide bonds. The lowest BCUT2D eigenvalue weighted by molar-refractivity contribution is -0.120. The molecular formula is C12H19N3O2. The van der Waals surface area contributed by atoms with Gasteiger partial charge < -0.3 is 9.73 Å². The number of nitrogens with one attached hydrogen (secondary N) is 1. The summed E-state index contributed by atoms with van der Waals surface area (Å²) >= 11 is 0. The summed E-state index contributed by atoms with van der Waals surface area (Å²) in [6.45, 7) is 4.65. The predicted octanol–water partition coefficient (Wildman–Crippen LogP) is 1.33. The second-order valence-electron chi connectivity index (χ2n) is 4.70. The fourth-order valence-corrected chi connectivity index (χ4v) is 2.21. The lowest BCUT2D eigenvalue weighted by atomic mass is 10.0. The number of hydrogen-bond acceptors (Lipinski definition) is 4. The van der Waals surface area contributed by atoms with Gasteiger partial charge in [0.1, 0.15) is 6.26 Å². The van der Waals surface area contributed by atoms with Gasteiger partial charge in [-0.1, -0.05) is 6.92 Å². The Bertz CT molecular complexity index is 402. The molecule has 1 fully saturated rings. The summed E-state index contributed by atoms with van der Waals surface area (Å²) in [4.78, 5) is 18.3. The minimum atomic E-state index is -0.114. The topological polar surface area (TPSA) is 58.4 Å². The van der Waals surface area contributed by atoms with Crippen LogP contribution in [0.3, 0.4) is 0 Å². The molecule has 2 atom stereocenters. The van der Waals surface area contributed by atoms with Crippen molar-refractivity contribution in [2.45, 2.75) is 32.7 Å². The molecule has 0 saturated carbocycles. The van der Waals surface area contributed by atoms with Crippen molar-refractivity contribution in [3.63, 3.8) is 0 Å². The van der Waals surface area contributed by atoms with Gasteiger partial charge in [-0.25, -0.2) is 0 Å². The molecule has 1 aromatic rings. The highest BCUT2D eigenvalue weighted by atomic mass is 16.3. The molecule has 0 bridgehead atoms. The molecule has 1 aliphatic rings. The van der Waals surface area contributed by atoms with E-state index in [9.17, 15) is 4.79 Å². The molecule has 94 valence electrons. The molecule has 17 heavy (non-hydrogen) atoms. The number of carbonyl (C=O) groups is 1. The van der Waals surface area contributed by atoms with Crippen LogP contribution in [0.1, 0.15) is 25.7 Å². The lowest BCUT2D eigenvalue weighted by Gasteiger charge is -2.22. The van der Waals surface area contributed by atoms with Crippen molar-refractivity contribution in [2.24, 2.45) is 5.92 Å². The number of amides is 1. The van der Waals surface area contributed by atoms with Crippen molar-refractivity contribution < 1.29 is 9.21 Å². The third-order valence-electron chi connectivity index (χ3n) is 3.24. The predicted molar refractivity (Wildman–Crippen MR) is 64.8 cm³/mol. The average molecular weight is 237 g/mol. The van der Waals surface area contributed by atoms with Gasteiger partial charge in [0.15, 0.2) is 11.7 Å². The van der Waals surface area contributed by atoms with Crippen molar-refractivity contribution in [1.29, 1.82) is 0 Å². The van der Waals surface area contributed by atoms with Crippen molar-refractivity contribution >= 4 is 11.7 Å². The van der Waals surface area contributed by atoms with Crippen molar-refractivity contribution in [3.05, 3.63) is 12.2 Å². The van der Waals surface area contributed by atoms with Gasteiger partial charge in [0.25, 0.3) is 0 Å². The number of anilines is 1. The second kappa shape index (κ2) is 4.87.